The van der Waals surface area contributed by atoms with Gasteiger partial charge in [0.1, 0.15) is 18.2 Å². The number of nitrogens with zero attached hydrogens (tertiary/aromatic N) is 5. The lowest BCUT2D eigenvalue weighted by Crippen LogP contribution is -2.44. The third-order valence-corrected chi connectivity index (χ3v) is 9.83. The van der Waals surface area contributed by atoms with Crippen LogP contribution in [0.1, 0.15) is 6.92 Å². The predicted molar refractivity (Wildman–Crippen MR) is 157 cm³/mol. The van der Waals surface area contributed by atoms with E-state index in [1.165, 1.54) is 6.26 Å². The fourth-order valence-corrected chi connectivity index (χ4v) is 6.48. The first-order valence-electron chi connectivity index (χ1n) is 13.3. The van der Waals surface area contributed by atoms with E-state index in [1.54, 1.807) is 16.8 Å². The molecule has 208 valence electrons. The van der Waals surface area contributed by atoms with Crippen molar-refractivity contribution in [2.45, 2.75) is 50.3 Å². The Bertz CT molecular complexity index is 1570. The maximum atomic E-state index is 12.7. The first-order chi connectivity index (χ1) is 18.5. The summed E-state index contributed by atoms with van der Waals surface area (Å²) in [5.74, 6) is 1.51. The van der Waals surface area contributed by atoms with Gasteiger partial charge >= 0.3 is 0 Å². The topological polar surface area (TPSA) is 91.5 Å². The van der Waals surface area contributed by atoms with Crippen LogP contribution < -0.4 is 4.90 Å². The molecule has 4 heterocycles. The molecule has 9 nitrogen and oxygen atoms in total. The van der Waals surface area contributed by atoms with Crippen LogP contribution in [-0.4, -0.2) is 74.5 Å². The van der Waals surface area contributed by atoms with Crippen molar-refractivity contribution in [1.82, 2.24) is 19.3 Å². The summed E-state index contributed by atoms with van der Waals surface area (Å²) in [6, 6.07) is 14.3. The molecule has 1 aromatic carbocycles. The van der Waals surface area contributed by atoms with E-state index in [9.17, 15) is 8.42 Å². The Morgan fingerprint density at radius 2 is 1.87 bits per heavy atom. The SMILES string of the molecule is C[C@@H]1COCCN1c1cc(-c2ccccc2S(C)(=O)=O)c2ccn(-c3ccn(COCC[Si](C)(C)C)n3)c2n1. The van der Waals surface area contributed by atoms with Crippen molar-refractivity contribution in [2.24, 2.45) is 0 Å². The van der Waals surface area contributed by atoms with Crippen molar-refractivity contribution in [2.75, 3.05) is 37.5 Å². The number of anilines is 1. The molecule has 5 rings (SSSR count). The van der Waals surface area contributed by atoms with Crippen LogP contribution in [0.4, 0.5) is 5.82 Å². The summed E-state index contributed by atoms with van der Waals surface area (Å²) in [5.41, 5.74) is 2.20. The van der Waals surface area contributed by atoms with Gasteiger partial charge in [0, 0.05) is 56.9 Å². The second-order valence-electron chi connectivity index (χ2n) is 11.4. The number of fused-ring (bicyclic) bond motifs is 1. The minimum Gasteiger partial charge on any atom is -0.377 e. The third kappa shape index (κ3) is 6.11. The van der Waals surface area contributed by atoms with Gasteiger partial charge in [-0.05, 0) is 36.7 Å². The first-order valence-corrected chi connectivity index (χ1v) is 18.9. The molecule has 1 aliphatic rings. The van der Waals surface area contributed by atoms with Crippen LogP contribution in [0.15, 0.2) is 59.8 Å². The van der Waals surface area contributed by atoms with E-state index in [0.717, 1.165) is 40.9 Å². The Balaban J connectivity index is 1.58. The van der Waals surface area contributed by atoms with Crippen molar-refractivity contribution >= 4 is 34.8 Å². The Labute approximate surface area is 231 Å². The zero-order valence-electron chi connectivity index (χ0n) is 23.3. The van der Waals surface area contributed by atoms with Crippen LogP contribution in [0, 0.1) is 0 Å². The van der Waals surface area contributed by atoms with E-state index >= 15 is 0 Å². The third-order valence-electron chi connectivity index (χ3n) is 6.98. The Morgan fingerprint density at radius 3 is 2.62 bits per heavy atom. The summed E-state index contributed by atoms with van der Waals surface area (Å²) in [6.45, 7) is 12.2. The quantitative estimate of drug-likeness (QED) is 0.211. The van der Waals surface area contributed by atoms with Crippen LogP contribution in [0.25, 0.3) is 28.0 Å². The van der Waals surface area contributed by atoms with E-state index in [4.69, 9.17) is 19.6 Å². The van der Waals surface area contributed by atoms with E-state index < -0.39 is 17.9 Å². The predicted octanol–water partition coefficient (Wildman–Crippen LogP) is 4.83. The van der Waals surface area contributed by atoms with E-state index in [-0.39, 0.29) is 6.04 Å². The molecule has 3 aromatic heterocycles. The lowest BCUT2D eigenvalue weighted by atomic mass is 10.0. The van der Waals surface area contributed by atoms with Crippen LogP contribution in [0.2, 0.25) is 25.7 Å². The number of hydrogen-bond acceptors (Lipinski definition) is 7. The summed E-state index contributed by atoms with van der Waals surface area (Å²) >= 11 is 0. The van der Waals surface area contributed by atoms with Crippen LogP contribution >= 0.6 is 0 Å². The van der Waals surface area contributed by atoms with E-state index in [2.05, 4.69) is 31.5 Å². The van der Waals surface area contributed by atoms with Gasteiger partial charge in [0.05, 0.1) is 24.2 Å². The van der Waals surface area contributed by atoms with Crippen LogP contribution in [0.5, 0.6) is 0 Å². The fourth-order valence-electron chi connectivity index (χ4n) is 4.82. The minimum absolute atomic E-state index is 0.137. The summed E-state index contributed by atoms with van der Waals surface area (Å²) < 4.78 is 40.7. The highest BCUT2D eigenvalue weighted by Crippen LogP contribution is 2.37. The molecular formula is C28H37N5O4SSi. The van der Waals surface area contributed by atoms with Crippen LogP contribution in [0.3, 0.4) is 0 Å². The number of hydrogen-bond donors (Lipinski definition) is 0. The molecule has 39 heavy (non-hydrogen) atoms. The zero-order chi connectivity index (χ0) is 27.8. The highest BCUT2D eigenvalue weighted by molar-refractivity contribution is 7.90. The van der Waals surface area contributed by atoms with Gasteiger partial charge in [-0.15, -0.1) is 0 Å². The van der Waals surface area contributed by atoms with Gasteiger partial charge in [0.2, 0.25) is 0 Å². The highest BCUT2D eigenvalue weighted by atomic mass is 32.2. The average Bonchev–Trinajstić information content (AvgIpc) is 3.52. The number of benzene rings is 1. The molecule has 0 N–H and O–H groups in total. The van der Waals surface area contributed by atoms with Gasteiger partial charge in [-0.25, -0.2) is 18.1 Å². The second kappa shape index (κ2) is 10.9. The summed E-state index contributed by atoms with van der Waals surface area (Å²) in [4.78, 5) is 7.60. The highest BCUT2D eigenvalue weighted by Gasteiger charge is 2.25. The minimum atomic E-state index is -3.45. The molecule has 0 radical (unpaired) electrons. The standard InChI is InChI=1S/C28H37N5O4SSi/c1-21-19-36-15-14-32(21)27-18-24(22-8-6-7-9-25(22)38(2,34)35)23-10-13-33(28(23)29-27)26-11-12-31(30-26)20-37-16-17-39(3,4)5/h6-13,18,21H,14-17,19-20H2,1-5H3/t21-/m1/s1. The number of morpholine rings is 1. The largest absolute Gasteiger partial charge is 0.377 e. The molecule has 0 amide bonds. The van der Waals surface area contributed by atoms with Gasteiger partial charge in [-0.1, -0.05) is 37.8 Å². The molecule has 1 atom stereocenters. The second-order valence-corrected chi connectivity index (χ2v) is 19.0. The van der Waals surface area contributed by atoms with Gasteiger partial charge in [-0.3, -0.25) is 4.57 Å². The molecule has 0 aliphatic carbocycles. The lowest BCUT2D eigenvalue weighted by Gasteiger charge is -2.34. The molecule has 0 bridgehead atoms. The Kier molecular flexibility index (Phi) is 7.69. The van der Waals surface area contributed by atoms with Gasteiger partial charge in [0.15, 0.2) is 15.7 Å². The molecule has 1 saturated heterocycles. The van der Waals surface area contributed by atoms with E-state index in [1.807, 2.05) is 47.3 Å². The molecule has 4 aromatic rings. The molecule has 0 saturated carbocycles. The fraction of sp³-hybridized carbons (Fsp3) is 0.429. The van der Waals surface area contributed by atoms with E-state index in [0.29, 0.717) is 36.9 Å². The monoisotopic (exact) mass is 567 g/mol. The number of rotatable bonds is 9. The Morgan fingerprint density at radius 1 is 1.08 bits per heavy atom. The number of sulfone groups is 1. The maximum Gasteiger partial charge on any atom is 0.176 e. The first kappa shape index (κ1) is 27.6. The summed E-state index contributed by atoms with van der Waals surface area (Å²) in [5, 5.41) is 5.61. The molecule has 11 heteroatoms. The van der Waals surface area contributed by atoms with Crippen molar-refractivity contribution in [3.05, 3.63) is 54.9 Å². The lowest BCUT2D eigenvalue weighted by molar-refractivity contribution is 0.0785. The molecule has 0 unspecified atom stereocenters. The van der Waals surface area contributed by atoms with Crippen molar-refractivity contribution in [3.63, 3.8) is 0 Å². The number of ether oxygens (including phenoxy) is 2. The molecule has 0 spiro atoms. The van der Waals surface area contributed by atoms with Crippen molar-refractivity contribution in [3.8, 4) is 16.9 Å². The number of aromatic nitrogens is 4. The summed E-state index contributed by atoms with van der Waals surface area (Å²) in [6.07, 6.45) is 5.09. The maximum absolute atomic E-state index is 12.7. The van der Waals surface area contributed by atoms with Gasteiger partial charge < -0.3 is 14.4 Å². The van der Waals surface area contributed by atoms with Crippen molar-refractivity contribution < 1.29 is 17.9 Å². The summed E-state index contributed by atoms with van der Waals surface area (Å²) in [7, 11) is -4.60. The van der Waals surface area contributed by atoms with Gasteiger partial charge in [-0.2, -0.15) is 5.10 Å². The normalized spacial score (nSPS) is 16.7. The molecule has 1 fully saturated rings. The van der Waals surface area contributed by atoms with Crippen LogP contribution in [-0.2, 0) is 26.0 Å². The van der Waals surface area contributed by atoms with Gasteiger partial charge in [0.25, 0.3) is 0 Å². The Hall–Kier alpha value is -2.99. The van der Waals surface area contributed by atoms with Crippen molar-refractivity contribution in [1.29, 1.82) is 0 Å². The number of pyridine rings is 1. The molecule has 1 aliphatic heterocycles. The average molecular weight is 568 g/mol. The smallest absolute Gasteiger partial charge is 0.176 e. The molecular weight excluding hydrogens is 530 g/mol. The zero-order valence-corrected chi connectivity index (χ0v) is 25.1.